The number of amides is 1. The molecule has 144 valence electrons. The SMILES string of the molecule is CCS(=O)(=O)N1CCC(C(=O)N2CCCC2c2cccc(OC)c2)CC1. The van der Waals surface area contributed by atoms with E-state index < -0.39 is 10.0 Å². The van der Waals surface area contributed by atoms with E-state index in [-0.39, 0.29) is 23.6 Å². The minimum atomic E-state index is -3.16. The van der Waals surface area contributed by atoms with Crippen molar-refractivity contribution >= 4 is 15.9 Å². The van der Waals surface area contributed by atoms with Crippen molar-refractivity contribution in [2.45, 2.75) is 38.6 Å². The molecule has 2 fully saturated rings. The minimum absolute atomic E-state index is 0.0792. The molecule has 0 aromatic heterocycles. The highest BCUT2D eigenvalue weighted by Crippen LogP contribution is 2.36. The van der Waals surface area contributed by atoms with Gasteiger partial charge in [0.25, 0.3) is 0 Å². The topological polar surface area (TPSA) is 66.9 Å². The van der Waals surface area contributed by atoms with Crippen LogP contribution in [0, 0.1) is 5.92 Å². The molecule has 2 aliphatic heterocycles. The maximum absolute atomic E-state index is 13.1. The van der Waals surface area contributed by atoms with Crippen molar-refractivity contribution in [3.8, 4) is 5.75 Å². The molecule has 0 aliphatic carbocycles. The van der Waals surface area contributed by atoms with Crippen LogP contribution < -0.4 is 4.74 Å². The molecular formula is C19H28N2O4S. The van der Waals surface area contributed by atoms with Gasteiger partial charge in [-0.2, -0.15) is 0 Å². The molecule has 1 aromatic rings. The van der Waals surface area contributed by atoms with Gasteiger partial charge in [0.05, 0.1) is 18.9 Å². The first-order valence-electron chi connectivity index (χ1n) is 9.38. The van der Waals surface area contributed by atoms with Gasteiger partial charge in [-0.05, 0) is 50.3 Å². The Bertz CT molecular complexity index is 742. The van der Waals surface area contributed by atoms with E-state index >= 15 is 0 Å². The number of methoxy groups -OCH3 is 1. The normalized spacial score (nSPS) is 22.5. The predicted molar refractivity (Wildman–Crippen MR) is 100 cm³/mol. The summed E-state index contributed by atoms with van der Waals surface area (Å²) in [5, 5.41) is 0. The average Bonchev–Trinajstić information content (AvgIpc) is 3.17. The van der Waals surface area contributed by atoms with Crippen LogP contribution in [-0.2, 0) is 14.8 Å². The van der Waals surface area contributed by atoms with Gasteiger partial charge >= 0.3 is 0 Å². The van der Waals surface area contributed by atoms with Crippen LogP contribution in [0.1, 0.15) is 44.2 Å². The lowest BCUT2D eigenvalue weighted by molar-refractivity contribution is -0.137. The Morgan fingerprint density at radius 3 is 2.58 bits per heavy atom. The van der Waals surface area contributed by atoms with E-state index in [4.69, 9.17) is 4.74 Å². The van der Waals surface area contributed by atoms with Gasteiger partial charge in [0, 0.05) is 25.6 Å². The summed E-state index contributed by atoms with van der Waals surface area (Å²) in [4.78, 5) is 15.1. The van der Waals surface area contributed by atoms with Crippen molar-refractivity contribution in [2.75, 3.05) is 32.5 Å². The summed E-state index contributed by atoms with van der Waals surface area (Å²) in [6, 6.07) is 8.02. The summed E-state index contributed by atoms with van der Waals surface area (Å²) < 4.78 is 30.8. The van der Waals surface area contributed by atoms with E-state index in [2.05, 4.69) is 6.07 Å². The Hall–Kier alpha value is -1.60. The van der Waals surface area contributed by atoms with Crippen molar-refractivity contribution in [1.29, 1.82) is 0 Å². The number of sulfonamides is 1. The highest BCUT2D eigenvalue weighted by molar-refractivity contribution is 7.89. The van der Waals surface area contributed by atoms with Gasteiger partial charge in [-0.3, -0.25) is 4.79 Å². The summed E-state index contributed by atoms with van der Waals surface area (Å²) in [6.07, 6.45) is 3.18. The Labute approximate surface area is 156 Å². The molecule has 0 N–H and O–H groups in total. The molecule has 0 spiro atoms. The van der Waals surface area contributed by atoms with Crippen LogP contribution in [0.25, 0.3) is 0 Å². The molecule has 26 heavy (non-hydrogen) atoms. The van der Waals surface area contributed by atoms with Gasteiger partial charge in [0.2, 0.25) is 15.9 Å². The van der Waals surface area contributed by atoms with Gasteiger partial charge in [-0.25, -0.2) is 12.7 Å². The number of ether oxygens (including phenoxy) is 1. The van der Waals surface area contributed by atoms with E-state index in [0.29, 0.717) is 25.9 Å². The summed E-state index contributed by atoms with van der Waals surface area (Å²) in [7, 11) is -1.51. The van der Waals surface area contributed by atoms with Crippen LogP contribution in [0.3, 0.4) is 0 Å². The molecule has 1 atom stereocenters. The molecule has 0 radical (unpaired) electrons. The third-order valence-electron chi connectivity index (χ3n) is 5.58. The highest BCUT2D eigenvalue weighted by atomic mass is 32.2. The number of nitrogens with zero attached hydrogens (tertiary/aromatic N) is 2. The van der Waals surface area contributed by atoms with Crippen molar-refractivity contribution in [1.82, 2.24) is 9.21 Å². The second-order valence-corrected chi connectivity index (χ2v) is 9.30. The number of rotatable bonds is 5. The number of hydrogen-bond donors (Lipinski definition) is 0. The van der Waals surface area contributed by atoms with Crippen LogP contribution in [0.5, 0.6) is 5.75 Å². The lowest BCUT2D eigenvalue weighted by Crippen LogP contribution is -2.44. The number of likely N-dealkylation sites (tertiary alicyclic amines) is 1. The highest BCUT2D eigenvalue weighted by Gasteiger charge is 2.37. The summed E-state index contributed by atoms with van der Waals surface area (Å²) in [5.74, 6) is 1.02. The molecule has 1 unspecified atom stereocenters. The summed E-state index contributed by atoms with van der Waals surface area (Å²) in [5.41, 5.74) is 1.11. The smallest absolute Gasteiger partial charge is 0.226 e. The van der Waals surface area contributed by atoms with Gasteiger partial charge < -0.3 is 9.64 Å². The first-order valence-corrected chi connectivity index (χ1v) is 11.0. The Morgan fingerprint density at radius 2 is 1.92 bits per heavy atom. The van der Waals surface area contributed by atoms with E-state index in [1.54, 1.807) is 14.0 Å². The molecule has 0 bridgehead atoms. The molecule has 0 saturated carbocycles. The second-order valence-electron chi connectivity index (χ2n) is 7.04. The zero-order valence-corrected chi connectivity index (χ0v) is 16.4. The standard InChI is InChI=1S/C19H28N2O4S/c1-3-26(23,24)20-12-9-15(10-13-20)19(22)21-11-5-8-18(21)16-6-4-7-17(14-16)25-2/h4,6-7,14-15,18H,3,5,8-13H2,1-2H3. The average molecular weight is 381 g/mol. The van der Waals surface area contributed by atoms with Gasteiger partial charge in [0.1, 0.15) is 5.75 Å². The second kappa shape index (κ2) is 7.96. The summed E-state index contributed by atoms with van der Waals surface area (Å²) in [6.45, 7) is 3.33. The fraction of sp³-hybridized carbons (Fsp3) is 0.632. The van der Waals surface area contributed by atoms with E-state index in [9.17, 15) is 13.2 Å². The van der Waals surface area contributed by atoms with E-state index in [1.165, 1.54) is 4.31 Å². The van der Waals surface area contributed by atoms with Crippen LogP contribution in [0.15, 0.2) is 24.3 Å². The molecule has 2 aliphatic rings. The van der Waals surface area contributed by atoms with E-state index in [0.717, 1.165) is 30.7 Å². The third kappa shape index (κ3) is 3.88. The Morgan fingerprint density at radius 1 is 1.19 bits per heavy atom. The first-order chi connectivity index (χ1) is 12.5. The zero-order chi connectivity index (χ0) is 18.7. The Kier molecular flexibility index (Phi) is 5.87. The predicted octanol–water partition coefficient (Wildman–Crippen LogP) is 2.42. The van der Waals surface area contributed by atoms with Gasteiger partial charge in [0.15, 0.2) is 0 Å². The molecule has 3 rings (SSSR count). The fourth-order valence-electron chi connectivity index (χ4n) is 4.02. The van der Waals surface area contributed by atoms with Crippen LogP contribution in [0.2, 0.25) is 0 Å². The van der Waals surface area contributed by atoms with Crippen LogP contribution in [-0.4, -0.2) is 56.0 Å². The molecule has 2 saturated heterocycles. The number of hydrogen-bond acceptors (Lipinski definition) is 4. The number of piperidine rings is 1. The van der Waals surface area contributed by atoms with Crippen molar-refractivity contribution < 1.29 is 17.9 Å². The third-order valence-corrected chi connectivity index (χ3v) is 7.46. The molecule has 1 aromatic carbocycles. The maximum atomic E-state index is 13.1. The Balaban J connectivity index is 1.67. The fourth-order valence-corrected chi connectivity index (χ4v) is 5.16. The minimum Gasteiger partial charge on any atom is -0.497 e. The number of carbonyl (C=O) groups excluding carboxylic acids is 1. The van der Waals surface area contributed by atoms with Crippen LogP contribution in [0.4, 0.5) is 0 Å². The first kappa shape index (κ1) is 19.2. The van der Waals surface area contributed by atoms with Gasteiger partial charge in [-0.1, -0.05) is 12.1 Å². The zero-order valence-electron chi connectivity index (χ0n) is 15.6. The molecule has 2 heterocycles. The molecule has 1 amide bonds. The lowest BCUT2D eigenvalue weighted by atomic mass is 9.95. The van der Waals surface area contributed by atoms with Crippen LogP contribution >= 0.6 is 0 Å². The molecular weight excluding hydrogens is 352 g/mol. The summed E-state index contributed by atoms with van der Waals surface area (Å²) >= 11 is 0. The number of carbonyl (C=O) groups is 1. The quantitative estimate of drug-likeness (QED) is 0.787. The molecule has 7 heteroatoms. The van der Waals surface area contributed by atoms with Crippen molar-refractivity contribution in [2.24, 2.45) is 5.92 Å². The van der Waals surface area contributed by atoms with Crippen molar-refractivity contribution in [3.63, 3.8) is 0 Å². The monoisotopic (exact) mass is 380 g/mol. The largest absolute Gasteiger partial charge is 0.497 e. The van der Waals surface area contributed by atoms with Crippen molar-refractivity contribution in [3.05, 3.63) is 29.8 Å². The maximum Gasteiger partial charge on any atom is 0.226 e. The van der Waals surface area contributed by atoms with Gasteiger partial charge in [-0.15, -0.1) is 0 Å². The lowest BCUT2D eigenvalue weighted by Gasteiger charge is -2.34. The number of benzene rings is 1. The van der Waals surface area contributed by atoms with E-state index in [1.807, 2.05) is 23.1 Å². The molecule has 6 nitrogen and oxygen atoms in total.